The van der Waals surface area contributed by atoms with Gasteiger partial charge in [0.2, 0.25) is 0 Å². The highest BCUT2D eigenvalue weighted by molar-refractivity contribution is 5.87. The van der Waals surface area contributed by atoms with Gasteiger partial charge in [0.05, 0.1) is 11.3 Å². The maximum Gasteiger partial charge on any atom is 0.337 e. The lowest BCUT2D eigenvalue weighted by atomic mass is 10.2. The summed E-state index contributed by atoms with van der Waals surface area (Å²) in [5.74, 6) is -0.309. The molecule has 2 aromatic heterocycles. The Morgan fingerprint density at radius 3 is 2.88 bits per heavy atom. The van der Waals surface area contributed by atoms with E-state index in [1.165, 1.54) is 12.8 Å². The standard InChI is InChI=1S/C12H12N2O2/c1-7-11(8-2-3-8)13-10-5-4-9(12(15)16)6-14(7)10/h4-6,8H,2-3H2,1H3,(H,15,16). The summed E-state index contributed by atoms with van der Waals surface area (Å²) in [6, 6.07) is 3.36. The van der Waals surface area contributed by atoms with Gasteiger partial charge >= 0.3 is 5.97 Å². The van der Waals surface area contributed by atoms with Crippen molar-refractivity contribution in [3.05, 3.63) is 35.3 Å². The molecule has 1 saturated carbocycles. The first kappa shape index (κ1) is 9.39. The Morgan fingerprint density at radius 2 is 2.25 bits per heavy atom. The third-order valence-corrected chi connectivity index (χ3v) is 3.11. The van der Waals surface area contributed by atoms with E-state index in [0.29, 0.717) is 11.5 Å². The quantitative estimate of drug-likeness (QED) is 0.837. The molecule has 4 nitrogen and oxygen atoms in total. The fourth-order valence-electron chi connectivity index (χ4n) is 2.05. The van der Waals surface area contributed by atoms with Gasteiger partial charge in [0.25, 0.3) is 0 Å². The zero-order valence-electron chi connectivity index (χ0n) is 8.97. The first-order valence-electron chi connectivity index (χ1n) is 5.38. The van der Waals surface area contributed by atoms with Crippen molar-refractivity contribution in [1.29, 1.82) is 0 Å². The number of hydrogen-bond acceptors (Lipinski definition) is 2. The van der Waals surface area contributed by atoms with E-state index in [2.05, 4.69) is 4.98 Å². The van der Waals surface area contributed by atoms with Gasteiger partial charge in [0.1, 0.15) is 5.65 Å². The van der Waals surface area contributed by atoms with E-state index in [0.717, 1.165) is 17.0 Å². The average molecular weight is 216 g/mol. The largest absolute Gasteiger partial charge is 0.478 e. The lowest BCUT2D eigenvalue weighted by molar-refractivity contribution is 0.0696. The summed E-state index contributed by atoms with van der Waals surface area (Å²) in [6.45, 7) is 2.00. The molecule has 0 unspecified atom stereocenters. The van der Waals surface area contributed by atoms with Gasteiger partial charge in [0, 0.05) is 17.8 Å². The summed E-state index contributed by atoms with van der Waals surface area (Å²) in [7, 11) is 0. The molecule has 1 aliphatic rings. The minimum absolute atomic E-state index is 0.301. The number of aromatic nitrogens is 2. The van der Waals surface area contributed by atoms with Gasteiger partial charge < -0.3 is 9.51 Å². The molecule has 1 fully saturated rings. The molecule has 0 spiro atoms. The van der Waals surface area contributed by atoms with Crippen molar-refractivity contribution in [2.75, 3.05) is 0 Å². The number of pyridine rings is 1. The van der Waals surface area contributed by atoms with Crippen LogP contribution in [0, 0.1) is 6.92 Å². The minimum atomic E-state index is -0.900. The van der Waals surface area contributed by atoms with E-state index < -0.39 is 5.97 Å². The van der Waals surface area contributed by atoms with Crippen LogP contribution in [0.5, 0.6) is 0 Å². The predicted molar refractivity (Wildman–Crippen MR) is 58.9 cm³/mol. The van der Waals surface area contributed by atoms with Gasteiger partial charge in [-0.1, -0.05) is 0 Å². The van der Waals surface area contributed by atoms with E-state index in [9.17, 15) is 4.79 Å². The summed E-state index contributed by atoms with van der Waals surface area (Å²) in [5.41, 5.74) is 3.34. The van der Waals surface area contributed by atoms with E-state index in [-0.39, 0.29) is 0 Å². The van der Waals surface area contributed by atoms with Crippen LogP contribution in [-0.4, -0.2) is 20.5 Å². The molecule has 0 amide bonds. The van der Waals surface area contributed by atoms with Crippen LogP contribution < -0.4 is 0 Å². The van der Waals surface area contributed by atoms with Crippen molar-refractivity contribution in [3.8, 4) is 0 Å². The molecule has 1 aliphatic carbocycles. The highest BCUT2D eigenvalue weighted by Crippen LogP contribution is 2.41. The second kappa shape index (κ2) is 3.07. The number of aromatic carboxylic acids is 1. The van der Waals surface area contributed by atoms with Gasteiger partial charge in [-0.15, -0.1) is 0 Å². The van der Waals surface area contributed by atoms with Crippen LogP contribution in [0.1, 0.15) is 40.5 Å². The molecule has 16 heavy (non-hydrogen) atoms. The van der Waals surface area contributed by atoms with Crippen LogP contribution >= 0.6 is 0 Å². The maximum atomic E-state index is 10.9. The number of carboxylic acids is 1. The van der Waals surface area contributed by atoms with Crippen molar-refractivity contribution in [1.82, 2.24) is 9.38 Å². The zero-order chi connectivity index (χ0) is 11.3. The molecular formula is C12H12N2O2. The van der Waals surface area contributed by atoms with Gasteiger partial charge in [-0.25, -0.2) is 9.78 Å². The summed E-state index contributed by atoms with van der Waals surface area (Å²) in [5, 5.41) is 8.93. The Hall–Kier alpha value is -1.84. The van der Waals surface area contributed by atoms with Gasteiger partial charge in [0.15, 0.2) is 0 Å². The number of carboxylic acid groups (broad SMARTS) is 1. The first-order chi connectivity index (χ1) is 7.66. The Balaban J connectivity index is 2.22. The Morgan fingerprint density at radius 1 is 1.50 bits per heavy atom. The topological polar surface area (TPSA) is 54.6 Å². The first-order valence-corrected chi connectivity index (χ1v) is 5.38. The molecule has 0 atom stereocenters. The highest BCUT2D eigenvalue weighted by atomic mass is 16.4. The van der Waals surface area contributed by atoms with Crippen molar-refractivity contribution < 1.29 is 9.90 Å². The minimum Gasteiger partial charge on any atom is -0.478 e. The maximum absolute atomic E-state index is 10.9. The lowest BCUT2D eigenvalue weighted by Gasteiger charge is -1.99. The molecule has 82 valence electrons. The Bertz CT molecular complexity index is 582. The van der Waals surface area contributed by atoms with Crippen LogP contribution in [0.25, 0.3) is 5.65 Å². The van der Waals surface area contributed by atoms with Gasteiger partial charge in [-0.3, -0.25) is 0 Å². The van der Waals surface area contributed by atoms with E-state index in [4.69, 9.17) is 5.11 Å². The monoisotopic (exact) mass is 216 g/mol. The second-order valence-electron chi connectivity index (χ2n) is 4.31. The Labute approximate surface area is 92.5 Å². The number of fused-ring (bicyclic) bond motifs is 1. The molecule has 0 aromatic carbocycles. The molecule has 2 heterocycles. The molecule has 0 bridgehead atoms. The van der Waals surface area contributed by atoms with Crippen LogP contribution in [-0.2, 0) is 0 Å². The van der Waals surface area contributed by atoms with Crippen molar-refractivity contribution in [2.24, 2.45) is 0 Å². The summed E-state index contributed by atoms with van der Waals surface area (Å²) < 4.78 is 1.87. The summed E-state index contributed by atoms with van der Waals surface area (Å²) in [6.07, 6.45) is 4.05. The van der Waals surface area contributed by atoms with Crippen molar-refractivity contribution in [2.45, 2.75) is 25.7 Å². The van der Waals surface area contributed by atoms with E-state index in [1.807, 2.05) is 11.3 Å². The lowest BCUT2D eigenvalue weighted by Crippen LogP contribution is -1.99. The second-order valence-corrected chi connectivity index (χ2v) is 4.31. The number of nitrogens with zero attached hydrogens (tertiary/aromatic N) is 2. The van der Waals surface area contributed by atoms with Crippen LogP contribution in [0.3, 0.4) is 0 Å². The van der Waals surface area contributed by atoms with Crippen LogP contribution in [0.4, 0.5) is 0 Å². The third-order valence-electron chi connectivity index (χ3n) is 3.11. The fraction of sp³-hybridized carbons (Fsp3) is 0.333. The van der Waals surface area contributed by atoms with E-state index >= 15 is 0 Å². The average Bonchev–Trinajstić information content (AvgIpc) is 3.04. The van der Waals surface area contributed by atoms with Crippen molar-refractivity contribution >= 4 is 11.6 Å². The number of aryl methyl sites for hydroxylation is 1. The summed E-state index contributed by atoms with van der Waals surface area (Å²) >= 11 is 0. The SMILES string of the molecule is Cc1c(C2CC2)nc2ccc(C(=O)O)cn12. The molecule has 2 aromatic rings. The number of carbonyl (C=O) groups is 1. The molecule has 1 N–H and O–H groups in total. The molecule has 0 radical (unpaired) electrons. The van der Waals surface area contributed by atoms with Crippen molar-refractivity contribution in [3.63, 3.8) is 0 Å². The zero-order valence-corrected chi connectivity index (χ0v) is 8.97. The molecule has 3 rings (SSSR count). The van der Waals surface area contributed by atoms with E-state index in [1.54, 1.807) is 18.3 Å². The smallest absolute Gasteiger partial charge is 0.337 e. The van der Waals surface area contributed by atoms with Crippen LogP contribution in [0.15, 0.2) is 18.3 Å². The van der Waals surface area contributed by atoms with Gasteiger partial charge in [-0.05, 0) is 31.9 Å². The number of rotatable bonds is 2. The molecule has 0 aliphatic heterocycles. The molecule has 4 heteroatoms. The highest BCUT2D eigenvalue weighted by Gasteiger charge is 2.28. The number of imidazole rings is 1. The normalized spacial score (nSPS) is 15.6. The molecular weight excluding hydrogens is 204 g/mol. The van der Waals surface area contributed by atoms with Gasteiger partial charge in [-0.2, -0.15) is 0 Å². The predicted octanol–water partition coefficient (Wildman–Crippen LogP) is 2.22. The number of hydrogen-bond donors (Lipinski definition) is 1. The third kappa shape index (κ3) is 1.30. The fourth-order valence-corrected chi connectivity index (χ4v) is 2.05. The Kier molecular flexibility index (Phi) is 1.80. The van der Waals surface area contributed by atoms with Crippen LogP contribution in [0.2, 0.25) is 0 Å². The molecule has 0 saturated heterocycles. The summed E-state index contributed by atoms with van der Waals surface area (Å²) in [4.78, 5) is 15.4.